The molecular weight excluding hydrogens is 258 g/mol. The Kier molecular flexibility index (Phi) is 3.40. The molecule has 106 valence electrons. The standard InChI is InChI=1S/C14H17N3O3/c1-14(2,3)10-7-11(17-16-10)15-13(20)8-5-4-6-9(18)12(8)19/h4-7,18-19H,1-3H3,(H2,15,16,17,20). The first-order valence-corrected chi connectivity index (χ1v) is 6.17. The summed E-state index contributed by atoms with van der Waals surface area (Å²) in [7, 11) is 0. The van der Waals surface area contributed by atoms with E-state index < -0.39 is 11.7 Å². The lowest BCUT2D eigenvalue weighted by atomic mass is 9.92. The first-order valence-electron chi connectivity index (χ1n) is 6.17. The van der Waals surface area contributed by atoms with Crippen LogP contribution in [0.4, 0.5) is 5.82 Å². The van der Waals surface area contributed by atoms with Crippen molar-refractivity contribution in [1.82, 2.24) is 10.2 Å². The van der Waals surface area contributed by atoms with E-state index in [2.05, 4.69) is 15.5 Å². The average Bonchev–Trinajstić information content (AvgIpc) is 2.81. The maximum Gasteiger partial charge on any atom is 0.260 e. The average molecular weight is 275 g/mol. The minimum atomic E-state index is -0.537. The molecule has 6 heteroatoms. The highest BCUT2D eigenvalue weighted by Crippen LogP contribution is 2.29. The van der Waals surface area contributed by atoms with E-state index in [4.69, 9.17) is 0 Å². The summed E-state index contributed by atoms with van der Waals surface area (Å²) in [6, 6.07) is 5.94. The molecule has 0 spiro atoms. The maximum atomic E-state index is 12.0. The zero-order chi connectivity index (χ0) is 14.9. The molecule has 20 heavy (non-hydrogen) atoms. The molecule has 4 N–H and O–H groups in total. The fraction of sp³-hybridized carbons (Fsp3) is 0.286. The van der Waals surface area contributed by atoms with E-state index in [-0.39, 0.29) is 16.7 Å². The number of H-pyrrole nitrogens is 1. The number of nitrogens with zero attached hydrogens (tertiary/aromatic N) is 1. The fourth-order valence-electron chi connectivity index (χ4n) is 1.67. The Bertz CT molecular complexity index is 641. The molecule has 2 rings (SSSR count). The summed E-state index contributed by atoms with van der Waals surface area (Å²) in [5, 5.41) is 28.4. The number of aromatic hydroxyl groups is 2. The van der Waals surface area contributed by atoms with E-state index >= 15 is 0 Å². The second-order valence-corrected chi connectivity index (χ2v) is 5.54. The molecule has 0 atom stereocenters. The number of aromatic nitrogens is 2. The Morgan fingerprint density at radius 3 is 2.60 bits per heavy atom. The summed E-state index contributed by atoms with van der Waals surface area (Å²) < 4.78 is 0. The Labute approximate surface area is 116 Å². The lowest BCUT2D eigenvalue weighted by molar-refractivity contribution is 0.102. The van der Waals surface area contributed by atoms with Crippen LogP contribution in [0, 0.1) is 0 Å². The summed E-state index contributed by atoms with van der Waals surface area (Å²) in [4.78, 5) is 12.0. The van der Waals surface area contributed by atoms with E-state index in [1.807, 2.05) is 20.8 Å². The highest BCUT2D eigenvalue weighted by atomic mass is 16.3. The van der Waals surface area contributed by atoms with Gasteiger partial charge in [-0.2, -0.15) is 5.10 Å². The van der Waals surface area contributed by atoms with Gasteiger partial charge in [0.1, 0.15) is 0 Å². The third-order valence-corrected chi connectivity index (χ3v) is 2.89. The number of amides is 1. The third-order valence-electron chi connectivity index (χ3n) is 2.89. The van der Waals surface area contributed by atoms with Crippen LogP contribution in [-0.4, -0.2) is 26.3 Å². The number of phenols is 2. The Balaban J connectivity index is 2.20. The van der Waals surface area contributed by atoms with E-state index in [9.17, 15) is 15.0 Å². The minimum Gasteiger partial charge on any atom is -0.504 e. The molecule has 6 nitrogen and oxygen atoms in total. The number of hydrogen-bond acceptors (Lipinski definition) is 4. The summed E-state index contributed by atoms with van der Waals surface area (Å²) in [6.07, 6.45) is 0. The van der Waals surface area contributed by atoms with Gasteiger partial charge in [0.2, 0.25) is 0 Å². The first-order chi connectivity index (χ1) is 9.29. The van der Waals surface area contributed by atoms with E-state index in [0.29, 0.717) is 5.82 Å². The van der Waals surface area contributed by atoms with Crippen molar-refractivity contribution in [3.63, 3.8) is 0 Å². The van der Waals surface area contributed by atoms with Gasteiger partial charge in [-0.3, -0.25) is 9.89 Å². The van der Waals surface area contributed by atoms with Gasteiger partial charge in [0.25, 0.3) is 5.91 Å². The van der Waals surface area contributed by atoms with Crippen LogP contribution in [0.2, 0.25) is 0 Å². The van der Waals surface area contributed by atoms with Crippen molar-refractivity contribution < 1.29 is 15.0 Å². The van der Waals surface area contributed by atoms with Crippen LogP contribution in [0.1, 0.15) is 36.8 Å². The largest absolute Gasteiger partial charge is 0.504 e. The maximum absolute atomic E-state index is 12.0. The molecule has 0 bridgehead atoms. The number of rotatable bonds is 2. The van der Waals surface area contributed by atoms with Crippen LogP contribution in [0.5, 0.6) is 11.5 Å². The van der Waals surface area contributed by atoms with Crippen molar-refractivity contribution in [2.24, 2.45) is 0 Å². The van der Waals surface area contributed by atoms with Gasteiger partial charge in [-0.15, -0.1) is 0 Å². The predicted octanol–water partition coefficient (Wildman–Crippen LogP) is 2.37. The molecule has 1 aromatic carbocycles. The van der Waals surface area contributed by atoms with Crippen molar-refractivity contribution in [3.05, 3.63) is 35.5 Å². The van der Waals surface area contributed by atoms with Crippen molar-refractivity contribution in [3.8, 4) is 11.5 Å². The van der Waals surface area contributed by atoms with Gasteiger partial charge in [0.05, 0.1) is 5.56 Å². The SMILES string of the molecule is CC(C)(C)c1cc(NC(=O)c2cccc(O)c2O)n[nH]1. The number of aromatic amines is 1. The number of anilines is 1. The molecule has 0 aliphatic rings. The van der Waals surface area contributed by atoms with Gasteiger partial charge in [-0.1, -0.05) is 26.8 Å². The van der Waals surface area contributed by atoms with Crippen LogP contribution < -0.4 is 5.32 Å². The van der Waals surface area contributed by atoms with Crippen LogP contribution in [0.15, 0.2) is 24.3 Å². The topological polar surface area (TPSA) is 98.2 Å². The number of phenolic OH excluding ortho intramolecular Hbond substituents is 2. The molecule has 0 saturated heterocycles. The normalized spacial score (nSPS) is 11.3. The minimum absolute atomic E-state index is 0.00897. The van der Waals surface area contributed by atoms with Gasteiger partial charge < -0.3 is 15.5 Å². The molecule has 0 saturated carbocycles. The number of para-hydroxylation sites is 1. The van der Waals surface area contributed by atoms with Gasteiger partial charge >= 0.3 is 0 Å². The van der Waals surface area contributed by atoms with Crippen LogP contribution in [-0.2, 0) is 5.41 Å². The smallest absolute Gasteiger partial charge is 0.260 e. The zero-order valence-electron chi connectivity index (χ0n) is 11.6. The van der Waals surface area contributed by atoms with Gasteiger partial charge in [0, 0.05) is 17.2 Å². The number of nitrogens with one attached hydrogen (secondary N) is 2. The lowest BCUT2D eigenvalue weighted by Crippen LogP contribution is -2.12. The second-order valence-electron chi connectivity index (χ2n) is 5.54. The molecule has 1 heterocycles. The van der Waals surface area contributed by atoms with E-state index in [1.54, 1.807) is 6.07 Å². The highest BCUT2D eigenvalue weighted by Gasteiger charge is 2.19. The molecular formula is C14H17N3O3. The molecule has 0 aliphatic carbocycles. The predicted molar refractivity (Wildman–Crippen MR) is 75.0 cm³/mol. The quantitative estimate of drug-likeness (QED) is 0.632. The fourth-order valence-corrected chi connectivity index (χ4v) is 1.67. The zero-order valence-corrected chi connectivity index (χ0v) is 11.6. The summed E-state index contributed by atoms with van der Waals surface area (Å²) in [5.74, 6) is -0.959. The van der Waals surface area contributed by atoms with E-state index in [1.165, 1.54) is 18.2 Å². The Morgan fingerprint density at radius 2 is 2.00 bits per heavy atom. The summed E-state index contributed by atoms with van der Waals surface area (Å²) in [5.41, 5.74) is 0.765. The van der Waals surface area contributed by atoms with Gasteiger partial charge in [-0.05, 0) is 12.1 Å². The van der Waals surface area contributed by atoms with Crippen LogP contribution >= 0.6 is 0 Å². The molecule has 0 fully saturated rings. The molecule has 1 aromatic heterocycles. The molecule has 0 aliphatic heterocycles. The lowest BCUT2D eigenvalue weighted by Gasteiger charge is -2.14. The number of carbonyl (C=O) groups excluding carboxylic acids is 1. The van der Waals surface area contributed by atoms with E-state index in [0.717, 1.165) is 5.69 Å². The van der Waals surface area contributed by atoms with Crippen molar-refractivity contribution in [2.45, 2.75) is 26.2 Å². The molecule has 1 amide bonds. The van der Waals surface area contributed by atoms with Crippen LogP contribution in [0.25, 0.3) is 0 Å². The van der Waals surface area contributed by atoms with Crippen molar-refractivity contribution in [2.75, 3.05) is 5.32 Å². The van der Waals surface area contributed by atoms with Crippen molar-refractivity contribution >= 4 is 11.7 Å². The van der Waals surface area contributed by atoms with Gasteiger partial charge in [-0.25, -0.2) is 0 Å². The number of hydrogen-bond donors (Lipinski definition) is 4. The summed E-state index contributed by atoms with van der Waals surface area (Å²) in [6.45, 7) is 6.06. The second kappa shape index (κ2) is 4.88. The Morgan fingerprint density at radius 1 is 1.30 bits per heavy atom. The van der Waals surface area contributed by atoms with Gasteiger partial charge in [0.15, 0.2) is 17.3 Å². The van der Waals surface area contributed by atoms with Crippen LogP contribution in [0.3, 0.4) is 0 Å². The Hall–Kier alpha value is -2.50. The molecule has 2 aromatic rings. The molecule has 0 radical (unpaired) electrons. The number of carbonyl (C=O) groups is 1. The van der Waals surface area contributed by atoms with Crippen molar-refractivity contribution in [1.29, 1.82) is 0 Å². The third kappa shape index (κ3) is 2.74. The monoisotopic (exact) mass is 275 g/mol. The highest BCUT2D eigenvalue weighted by molar-refractivity contribution is 6.06. The molecule has 0 unspecified atom stereocenters. The number of benzene rings is 1. The summed E-state index contributed by atoms with van der Waals surface area (Å²) >= 11 is 0. The first kappa shape index (κ1) is 13.9.